The molecule has 0 saturated carbocycles. The molecule has 3 atom stereocenters. The summed E-state index contributed by atoms with van der Waals surface area (Å²) in [6, 6.07) is 0. The zero-order valence-electron chi connectivity index (χ0n) is 7.45. The summed E-state index contributed by atoms with van der Waals surface area (Å²) in [6.45, 7) is 5.61. The van der Waals surface area contributed by atoms with Gasteiger partial charge in [-0.25, -0.2) is 0 Å². The van der Waals surface area contributed by atoms with Crippen LogP contribution < -0.4 is 0 Å². The first-order valence-electron chi connectivity index (χ1n) is 4.70. The minimum absolute atomic E-state index is 0.0182. The standard InChI is InChI=1S/C9H15NO2/c1-2-12-9(11)8-6-10-4-3-7(8)5-10/h7-8H,2-6H2,1H3/t7-,8-/m0/s1. The average molecular weight is 169 g/mol. The summed E-state index contributed by atoms with van der Waals surface area (Å²) in [5.41, 5.74) is 0. The van der Waals surface area contributed by atoms with Crippen molar-refractivity contribution in [2.75, 3.05) is 26.2 Å². The van der Waals surface area contributed by atoms with Gasteiger partial charge in [-0.3, -0.25) is 4.79 Å². The van der Waals surface area contributed by atoms with E-state index in [1.165, 1.54) is 13.0 Å². The van der Waals surface area contributed by atoms with E-state index in [0.717, 1.165) is 13.1 Å². The fraction of sp³-hybridized carbons (Fsp3) is 0.889. The lowest BCUT2D eigenvalue weighted by Gasteiger charge is -2.19. The van der Waals surface area contributed by atoms with Crippen LogP contribution in [0.3, 0.4) is 0 Å². The molecule has 1 unspecified atom stereocenters. The van der Waals surface area contributed by atoms with Crippen LogP contribution in [-0.2, 0) is 9.53 Å². The third-order valence-electron chi connectivity index (χ3n) is 2.92. The Morgan fingerprint density at radius 1 is 1.58 bits per heavy atom. The highest BCUT2D eigenvalue weighted by Crippen LogP contribution is 2.33. The van der Waals surface area contributed by atoms with Gasteiger partial charge in [0.05, 0.1) is 12.5 Å². The number of ether oxygens (including phenoxy) is 1. The number of rotatable bonds is 2. The predicted molar refractivity (Wildman–Crippen MR) is 44.7 cm³/mol. The zero-order valence-corrected chi connectivity index (χ0v) is 7.45. The maximum Gasteiger partial charge on any atom is 0.310 e. The fourth-order valence-corrected chi connectivity index (χ4v) is 2.30. The van der Waals surface area contributed by atoms with Crippen LogP contribution >= 0.6 is 0 Å². The molecule has 2 bridgehead atoms. The largest absolute Gasteiger partial charge is 0.466 e. The monoisotopic (exact) mass is 169 g/mol. The van der Waals surface area contributed by atoms with Crippen LogP contribution in [0.2, 0.25) is 0 Å². The molecule has 0 aromatic heterocycles. The second-order valence-electron chi connectivity index (χ2n) is 3.67. The van der Waals surface area contributed by atoms with Crippen molar-refractivity contribution >= 4 is 5.97 Å². The van der Waals surface area contributed by atoms with E-state index >= 15 is 0 Å². The predicted octanol–water partition coefficient (Wildman–Crippen LogP) is 0.501. The lowest BCUT2D eigenvalue weighted by molar-refractivity contribution is -0.149. The van der Waals surface area contributed by atoms with Gasteiger partial charge in [0.1, 0.15) is 0 Å². The Morgan fingerprint density at radius 3 is 2.92 bits per heavy atom. The Balaban J connectivity index is 1.93. The zero-order chi connectivity index (χ0) is 8.55. The van der Waals surface area contributed by atoms with Gasteiger partial charge in [-0.15, -0.1) is 0 Å². The molecule has 0 N–H and O–H groups in total. The quantitative estimate of drug-likeness (QED) is 0.564. The first-order chi connectivity index (χ1) is 5.81. The molecule has 3 nitrogen and oxygen atoms in total. The summed E-state index contributed by atoms with van der Waals surface area (Å²) in [7, 11) is 0. The van der Waals surface area contributed by atoms with E-state index in [1.807, 2.05) is 6.92 Å². The number of carbonyl (C=O) groups excluding carboxylic acids is 1. The summed E-state index contributed by atoms with van der Waals surface area (Å²) in [4.78, 5) is 13.7. The van der Waals surface area contributed by atoms with Crippen LogP contribution in [0, 0.1) is 11.8 Å². The molecule has 0 aromatic rings. The SMILES string of the molecule is CCOC(=O)[C@H]1CN2CC[C@H]1C2. The highest BCUT2D eigenvalue weighted by Gasteiger charge is 2.42. The molecule has 2 heterocycles. The van der Waals surface area contributed by atoms with Crippen LogP contribution in [0.5, 0.6) is 0 Å². The molecule has 0 radical (unpaired) electrons. The van der Waals surface area contributed by atoms with Crippen LogP contribution in [0.4, 0.5) is 0 Å². The van der Waals surface area contributed by atoms with Crippen LogP contribution in [0.25, 0.3) is 0 Å². The Morgan fingerprint density at radius 2 is 2.42 bits per heavy atom. The first-order valence-corrected chi connectivity index (χ1v) is 4.70. The van der Waals surface area contributed by atoms with Gasteiger partial charge in [0, 0.05) is 13.1 Å². The van der Waals surface area contributed by atoms with Gasteiger partial charge in [-0.2, -0.15) is 0 Å². The van der Waals surface area contributed by atoms with Crippen LogP contribution in [0.1, 0.15) is 13.3 Å². The van der Waals surface area contributed by atoms with Gasteiger partial charge < -0.3 is 9.64 Å². The van der Waals surface area contributed by atoms with Crippen molar-refractivity contribution in [3.05, 3.63) is 0 Å². The minimum atomic E-state index is 0.0182. The maximum atomic E-state index is 11.4. The Labute approximate surface area is 72.7 Å². The molecular weight excluding hydrogens is 154 g/mol. The van der Waals surface area contributed by atoms with Crippen LogP contribution in [-0.4, -0.2) is 37.1 Å². The van der Waals surface area contributed by atoms with E-state index in [4.69, 9.17) is 4.74 Å². The Kier molecular flexibility index (Phi) is 2.05. The molecule has 3 heteroatoms. The molecule has 2 saturated heterocycles. The van der Waals surface area contributed by atoms with E-state index in [9.17, 15) is 4.79 Å². The van der Waals surface area contributed by atoms with Gasteiger partial charge in [0.2, 0.25) is 0 Å². The summed E-state index contributed by atoms with van der Waals surface area (Å²) in [5, 5.41) is 0. The van der Waals surface area contributed by atoms with Crippen molar-refractivity contribution in [2.45, 2.75) is 13.3 Å². The van der Waals surface area contributed by atoms with Gasteiger partial charge in [0.25, 0.3) is 0 Å². The highest BCUT2D eigenvalue weighted by molar-refractivity contribution is 5.73. The van der Waals surface area contributed by atoms with E-state index in [2.05, 4.69) is 4.90 Å². The van der Waals surface area contributed by atoms with Crippen LogP contribution in [0.15, 0.2) is 0 Å². The Bertz CT molecular complexity index is 193. The number of fused-ring (bicyclic) bond motifs is 2. The number of nitrogens with zero attached hydrogens (tertiary/aromatic N) is 1. The third kappa shape index (κ3) is 1.22. The molecule has 2 fully saturated rings. The fourth-order valence-electron chi connectivity index (χ4n) is 2.30. The first kappa shape index (κ1) is 8.05. The molecule has 2 aliphatic heterocycles. The summed E-state index contributed by atoms with van der Waals surface area (Å²) in [5.74, 6) is 0.785. The average Bonchev–Trinajstić information content (AvgIpc) is 2.64. The number of carbonyl (C=O) groups is 1. The van der Waals surface area contributed by atoms with E-state index < -0.39 is 0 Å². The van der Waals surface area contributed by atoms with E-state index in [-0.39, 0.29) is 11.9 Å². The third-order valence-corrected chi connectivity index (χ3v) is 2.92. The molecule has 0 spiro atoms. The second-order valence-corrected chi connectivity index (χ2v) is 3.67. The summed E-state index contributed by atoms with van der Waals surface area (Å²) in [6.07, 6.45) is 1.18. The van der Waals surface area contributed by atoms with Crippen molar-refractivity contribution in [1.82, 2.24) is 4.90 Å². The Hall–Kier alpha value is -0.570. The molecule has 2 aliphatic rings. The number of esters is 1. The van der Waals surface area contributed by atoms with Crippen molar-refractivity contribution < 1.29 is 9.53 Å². The van der Waals surface area contributed by atoms with Crippen molar-refractivity contribution in [1.29, 1.82) is 0 Å². The van der Waals surface area contributed by atoms with Gasteiger partial charge in [-0.05, 0) is 25.8 Å². The maximum absolute atomic E-state index is 11.4. The lowest BCUT2D eigenvalue weighted by Crippen LogP contribution is -2.30. The molecule has 0 aromatic carbocycles. The topological polar surface area (TPSA) is 29.5 Å². The normalized spacial score (nSPS) is 38.6. The smallest absolute Gasteiger partial charge is 0.310 e. The number of piperidine rings is 1. The number of hydrogen-bond donors (Lipinski definition) is 0. The highest BCUT2D eigenvalue weighted by atomic mass is 16.5. The van der Waals surface area contributed by atoms with Gasteiger partial charge in [0.15, 0.2) is 0 Å². The lowest BCUT2D eigenvalue weighted by atomic mass is 9.93. The molecule has 68 valence electrons. The summed E-state index contributed by atoms with van der Waals surface area (Å²) >= 11 is 0. The molecular formula is C9H15NO2. The second kappa shape index (κ2) is 3.05. The van der Waals surface area contributed by atoms with Gasteiger partial charge in [-0.1, -0.05) is 0 Å². The number of hydrogen-bond acceptors (Lipinski definition) is 3. The van der Waals surface area contributed by atoms with E-state index in [0.29, 0.717) is 12.5 Å². The van der Waals surface area contributed by atoms with E-state index in [1.54, 1.807) is 0 Å². The van der Waals surface area contributed by atoms with Crippen molar-refractivity contribution in [2.24, 2.45) is 11.8 Å². The van der Waals surface area contributed by atoms with Gasteiger partial charge >= 0.3 is 5.97 Å². The molecule has 0 amide bonds. The van der Waals surface area contributed by atoms with Crippen molar-refractivity contribution in [3.63, 3.8) is 0 Å². The minimum Gasteiger partial charge on any atom is -0.466 e. The molecule has 0 aliphatic carbocycles. The molecule has 12 heavy (non-hydrogen) atoms. The molecule has 2 rings (SSSR count). The summed E-state index contributed by atoms with van der Waals surface area (Å²) < 4.78 is 5.01. The van der Waals surface area contributed by atoms with Crippen molar-refractivity contribution in [3.8, 4) is 0 Å².